The fourth-order valence-electron chi connectivity index (χ4n) is 3.34. The number of hydrogen-bond acceptors (Lipinski definition) is 8. The van der Waals surface area contributed by atoms with Gasteiger partial charge in [-0.3, -0.25) is 4.98 Å². The number of anilines is 3. The first-order valence-corrected chi connectivity index (χ1v) is 9.90. The summed E-state index contributed by atoms with van der Waals surface area (Å²) in [6.07, 6.45) is 2.62. The summed E-state index contributed by atoms with van der Waals surface area (Å²) in [5.41, 5.74) is 2.94. The second-order valence-electron chi connectivity index (χ2n) is 7.38. The molecule has 0 aliphatic heterocycles. The fourth-order valence-corrected chi connectivity index (χ4v) is 3.34. The molecule has 4 aromatic rings. The maximum absolute atomic E-state index is 10.2. The van der Waals surface area contributed by atoms with Crippen LogP contribution in [0.1, 0.15) is 26.8 Å². The van der Waals surface area contributed by atoms with Crippen molar-refractivity contribution in [1.82, 2.24) is 24.5 Å². The molecule has 1 unspecified atom stereocenters. The molecule has 1 atom stereocenters. The number of aliphatic hydroxyl groups excluding tert-OH is 2. The third-order valence-corrected chi connectivity index (χ3v) is 4.87. The van der Waals surface area contributed by atoms with Crippen LogP contribution in [0, 0.1) is 0 Å². The Hall–Kier alpha value is -3.30. The number of pyridine rings is 1. The van der Waals surface area contributed by atoms with Crippen LogP contribution >= 0.6 is 0 Å². The number of imidazole rings is 1. The van der Waals surface area contributed by atoms with E-state index in [4.69, 9.17) is 0 Å². The van der Waals surface area contributed by atoms with Crippen molar-refractivity contribution in [1.29, 1.82) is 0 Å². The summed E-state index contributed by atoms with van der Waals surface area (Å²) < 4.78 is 1.95. The molecule has 0 bridgehead atoms. The second-order valence-corrected chi connectivity index (χ2v) is 7.38. The Morgan fingerprint density at radius 3 is 2.67 bits per heavy atom. The Labute approximate surface area is 174 Å². The van der Waals surface area contributed by atoms with Gasteiger partial charge in [0.1, 0.15) is 6.23 Å². The molecule has 9 nitrogen and oxygen atoms in total. The maximum Gasteiger partial charge on any atom is 0.231 e. The summed E-state index contributed by atoms with van der Waals surface area (Å²) in [5, 5.41) is 23.9. The quantitative estimate of drug-likeness (QED) is 0.401. The van der Waals surface area contributed by atoms with Crippen molar-refractivity contribution in [2.45, 2.75) is 33.0 Å². The van der Waals surface area contributed by atoms with Crippen molar-refractivity contribution in [2.75, 3.05) is 23.4 Å². The topological polar surface area (TPSA) is 112 Å². The van der Waals surface area contributed by atoms with Crippen molar-refractivity contribution in [2.24, 2.45) is 0 Å². The Morgan fingerprint density at radius 2 is 1.93 bits per heavy atom. The Balaban J connectivity index is 1.83. The molecule has 0 aliphatic rings. The van der Waals surface area contributed by atoms with Crippen molar-refractivity contribution < 1.29 is 10.2 Å². The summed E-state index contributed by atoms with van der Waals surface area (Å²) >= 11 is 0. The fraction of sp³-hybridized carbons (Fsp3) is 0.333. The summed E-state index contributed by atoms with van der Waals surface area (Å²) in [5.74, 6) is 0.820. The van der Waals surface area contributed by atoms with E-state index in [9.17, 15) is 10.2 Å². The SMILES string of the molecule is CC(O)N(CCO)c1nc(Nc2cnc3ccccc3c2)c2ncn(C(C)C)c2n1. The lowest BCUT2D eigenvalue weighted by Crippen LogP contribution is -2.36. The van der Waals surface area contributed by atoms with Crippen LogP contribution in [0.2, 0.25) is 0 Å². The van der Waals surface area contributed by atoms with E-state index in [-0.39, 0.29) is 19.2 Å². The van der Waals surface area contributed by atoms with Gasteiger partial charge in [0.25, 0.3) is 0 Å². The van der Waals surface area contributed by atoms with Crippen molar-refractivity contribution in [3.63, 3.8) is 0 Å². The second kappa shape index (κ2) is 8.21. The summed E-state index contributed by atoms with van der Waals surface area (Å²) in [6, 6.07) is 10.0. The zero-order valence-electron chi connectivity index (χ0n) is 17.2. The Morgan fingerprint density at radius 1 is 1.13 bits per heavy atom. The first-order chi connectivity index (χ1) is 14.5. The van der Waals surface area contributed by atoms with Crippen LogP contribution in [0.15, 0.2) is 42.9 Å². The summed E-state index contributed by atoms with van der Waals surface area (Å²) in [7, 11) is 0. The van der Waals surface area contributed by atoms with Crippen molar-refractivity contribution >= 4 is 39.5 Å². The smallest absolute Gasteiger partial charge is 0.231 e. The van der Waals surface area contributed by atoms with Gasteiger partial charge in [0.05, 0.1) is 30.3 Å². The molecule has 0 spiro atoms. The molecule has 9 heteroatoms. The van der Waals surface area contributed by atoms with Crippen LogP contribution in [-0.4, -0.2) is 54.1 Å². The molecule has 30 heavy (non-hydrogen) atoms. The number of nitrogens with one attached hydrogen (secondary N) is 1. The third-order valence-electron chi connectivity index (χ3n) is 4.87. The number of benzene rings is 1. The zero-order valence-corrected chi connectivity index (χ0v) is 17.2. The maximum atomic E-state index is 10.2. The number of fused-ring (bicyclic) bond motifs is 2. The van der Waals surface area contributed by atoms with Crippen molar-refractivity contribution in [3.8, 4) is 0 Å². The molecule has 0 saturated carbocycles. The van der Waals surface area contributed by atoms with Crippen LogP contribution in [-0.2, 0) is 0 Å². The van der Waals surface area contributed by atoms with E-state index in [0.717, 1.165) is 16.6 Å². The van der Waals surface area contributed by atoms with Gasteiger partial charge >= 0.3 is 0 Å². The Bertz CT molecular complexity index is 1170. The van der Waals surface area contributed by atoms with Crippen LogP contribution in [0.5, 0.6) is 0 Å². The first-order valence-electron chi connectivity index (χ1n) is 9.90. The third kappa shape index (κ3) is 3.77. The molecule has 0 fully saturated rings. The predicted molar refractivity (Wildman–Crippen MR) is 117 cm³/mol. The standard InChI is InChI=1S/C21H25N7O2/c1-13(2)28-12-23-18-19(24-16-10-15-6-4-5-7-17(15)22-11-16)25-21(26-20(18)28)27(8-9-29)14(3)30/h4-7,10-14,29-30H,8-9H2,1-3H3,(H,24,25,26). The number of para-hydroxylation sites is 1. The molecule has 3 heterocycles. The number of aliphatic hydroxyl groups is 2. The van der Waals surface area contributed by atoms with Gasteiger partial charge in [-0.15, -0.1) is 0 Å². The average molecular weight is 407 g/mol. The minimum Gasteiger partial charge on any atom is -0.395 e. The molecule has 3 aromatic heterocycles. The molecule has 0 radical (unpaired) electrons. The number of nitrogens with zero attached hydrogens (tertiary/aromatic N) is 6. The summed E-state index contributed by atoms with van der Waals surface area (Å²) in [6.45, 7) is 5.78. The minimum absolute atomic E-state index is 0.132. The molecule has 156 valence electrons. The van der Waals surface area contributed by atoms with Crippen LogP contribution in [0.3, 0.4) is 0 Å². The molecular formula is C21H25N7O2. The predicted octanol–water partition coefficient (Wildman–Crippen LogP) is 2.84. The van der Waals surface area contributed by atoms with Crippen LogP contribution in [0.4, 0.5) is 17.5 Å². The minimum atomic E-state index is -0.861. The van der Waals surface area contributed by atoms with Gasteiger partial charge in [-0.25, -0.2) is 4.98 Å². The highest BCUT2D eigenvalue weighted by atomic mass is 16.3. The zero-order chi connectivity index (χ0) is 21.3. The van der Waals surface area contributed by atoms with Gasteiger partial charge in [0.15, 0.2) is 17.0 Å². The number of aromatic nitrogens is 5. The largest absolute Gasteiger partial charge is 0.395 e. The monoisotopic (exact) mass is 407 g/mol. The normalized spacial score (nSPS) is 12.6. The molecule has 3 N–H and O–H groups in total. The van der Waals surface area contributed by atoms with Crippen LogP contribution < -0.4 is 10.2 Å². The first kappa shape index (κ1) is 20.0. The molecule has 0 saturated heterocycles. The van der Waals surface area contributed by atoms with Gasteiger partial charge in [0.2, 0.25) is 5.95 Å². The van der Waals surface area contributed by atoms with E-state index in [1.807, 2.05) is 48.7 Å². The van der Waals surface area contributed by atoms with E-state index in [2.05, 4.69) is 25.3 Å². The molecule has 1 aromatic carbocycles. The summed E-state index contributed by atoms with van der Waals surface area (Å²) in [4.78, 5) is 19.8. The van der Waals surface area contributed by atoms with E-state index in [1.54, 1.807) is 24.3 Å². The molecule has 4 rings (SSSR count). The molecule has 0 amide bonds. The average Bonchev–Trinajstić information content (AvgIpc) is 3.16. The lowest BCUT2D eigenvalue weighted by atomic mass is 10.2. The highest BCUT2D eigenvalue weighted by Gasteiger charge is 2.20. The van der Waals surface area contributed by atoms with E-state index < -0.39 is 6.23 Å². The van der Waals surface area contributed by atoms with Gasteiger partial charge < -0.3 is 25.0 Å². The van der Waals surface area contributed by atoms with Gasteiger partial charge in [-0.1, -0.05) is 18.2 Å². The Kier molecular flexibility index (Phi) is 5.47. The lowest BCUT2D eigenvalue weighted by Gasteiger charge is -2.25. The van der Waals surface area contributed by atoms with E-state index in [1.165, 1.54) is 0 Å². The van der Waals surface area contributed by atoms with Crippen LogP contribution in [0.25, 0.3) is 22.1 Å². The van der Waals surface area contributed by atoms with Gasteiger partial charge in [-0.2, -0.15) is 9.97 Å². The van der Waals surface area contributed by atoms with E-state index in [0.29, 0.717) is 22.9 Å². The molecule has 0 aliphatic carbocycles. The van der Waals surface area contributed by atoms with Crippen molar-refractivity contribution in [3.05, 3.63) is 42.9 Å². The molecular weight excluding hydrogens is 382 g/mol. The van der Waals surface area contributed by atoms with Gasteiger partial charge in [0, 0.05) is 18.0 Å². The highest BCUT2D eigenvalue weighted by Crippen LogP contribution is 2.28. The highest BCUT2D eigenvalue weighted by molar-refractivity contribution is 5.88. The lowest BCUT2D eigenvalue weighted by molar-refractivity contribution is 0.176. The number of hydrogen-bond donors (Lipinski definition) is 3. The number of rotatable bonds is 7. The van der Waals surface area contributed by atoms with E-state index >= 15 is 0 Å². The van der Waals surface area contributed by atoms with Gasteiger partial charge in [-0.05, 0) is 32.9 Å².